The number of carboxylic acids is 1. The van der Waals surface area contributed by atoms with E-state index in [0.717, 1.165) is 0 Å². The SMILES string of the molecule is Cc1cc(C(=O)Nc2cc(C(=O)O)ccc2Br)cc(Cl)n1. The van der Waals surface area contributed by atoms with Crippen LogP contribution in [0.5, 0.6) is 0 Å². The van der Waals surface area contributed by atoms with Gasteiger partial charge in [-0.05, 0) is 53.2 Å². The summed E-state index contributed by atoms with van der Waals surface area (Å²) in [5.74, 6) is -1.47. The number of nitrogens with zero attached hydrogens (tertiary/aromatic N) is 1. The van der Waals surface area contributed by atoms with Crippen LogP contribution in [0.4, 0.5) is 5.69 Å². The summed E-state index contributed by atoms with van der Waals surface area (Å²) in [4.78, 5) is 27.1. The van der Waals surface area contributed by atoms with E-state index in [9.17, 15) is 9.59 Å². The van der Waals surface area contributed by atoms with E-state index in [-0.39, 0.29) is 10.7 Å². The zero-order valence-corrected chi connectivity index (χ0v) is 13.2. The van der Waals surface area contributed by atoms with E-state index in [2.05, 4.69) is 26.2 Å². The number of carbonyl (C=O) groups is 2. The molecule has 0 fully saturated rings. The summed E-state index contributed by atoms with van der Waals surface area (Å²) in [7, 11) is 0. The highest BCUT2D eigenvalue weighted by atomic mass is 79.9. The summed E-state index contributed by atoms with van der Waals surface area (Å²) in [6.07, 6.45) is 0. The highest BCUT2D eigenvalue weighted by molar-refractivity contribution is 9.10. The first-order chi connectivity index (χ1) is 9.86. The van der Waals surface area contributed by atoms with Gasteiger partial charge in [0.1, 0.15) is 5.15 Å². The molecule has 0 aliphatic rings. The Balaban J connectivity index is 2.31. The van der Waals surface area contributed by atoms with Crippen molar-refractivity contribution in [2.24, 2.45) is 0 Å². The molecular weight excluding hydrogens is 360 g/mol. The number of amides is 1. The molecule has 108 valence electrons. The molecule has 2 N–H and O–H groups in total. The van der Waals surface area contributed by atoms with E-state index in [1.165, 1.54) is 18.2 Å². The molecule has 0 spiro atoms. The van der Waals surface area contributed by atoms with E-state index < -0.39 is 11.9 Å². The number of halogens is 2. The molecule has 0 unspecified atom stereocenters. The second kappa shape index (κ2) is 6.24. The van der Waals surface area contributed by atoms with Gasteiger partial charge < -0.3 is 10.4 Å². The first kappa shape index (κ1) is 15.5. The van der Waals surface area contributed by atoms with Crippen molar-refractivity contribution in [3.63, 3.8) is 0 Å². The number of benzene rings is 1. The van der Waals surface area contributed by atoms with Crippen molar-refractivity contribution in [3.05, 3.63) is 56.8 Å². The molecule has 2 aromatic rings. The van der Waals surface area contributed by atoms with Crippen LogP contribution in [0.1, 0.15) is 26.4 Å². The van der Waals surface area contributed by atoms with Crippen molar-refractivity contribution in [1.29, 1.82) is 0 Å². The molecule has 1 aromatic carbocycles. The summed E-state index contributed by atoms with van der Waals surface area (Å²) in [6.45, 7) is 1.73. The van der Waals surface area contributed by atoms with Gasteiger partial charge in [0, 0.05) is 15.7 Å². The number of carboxylic acid groups (broad SMARTS) is 1. The zero-order valence-electron chi connectivity index (χ0n) is 10.9. The standard InChI is InChI=1S/C14H10BrClN2O3/c1-7-4-9(6-12(16)17-7)13(19)18-11-5-8(14(20)21)2-3-10(11)15/h2-6H,1H3,(H,18,19)(H,20,21). The number of hydrogen-bond donors (Lipinski definition) is 2. The van der Waals surface area contributed by atoms with Crippen molar-refractivity contribution in [1.82, 2.24) is 4.98 Å². The Labute approximate surface area is 134 Å². The maximum atomic E-state index is 12.2. The van der Waals surface area contributed by atoms with Crippen LogP contribution >= 0.6 is 27.5 Å². The molecule has 7 heteroatoms. The fourth-order valence-electron chi connectivity index (χ4n) is 1.71. The van der Waals surface area contributed by atoms with Crippen molar-refractivity contribution < 1.29 is 14.7 Å². The predicted octanol–water partition coefficient (Wildman–Crippen LogP) is 3.76. The molecule has 0 atom stereocenters. The first-order valence-corrected chi connectivity index (χ1v) is 7.02. The molecule has 5 nitrogen and oxygen atoms in total. The molecule has 0 saturated heterocycles. The highest BCUT2D eigenvalue weighted by Crippen LogP contribution is 2.24. The minimum atomic E-state index is -1.07. The number of nitrogens with one attached hydrogen (secondary N) is 1. The lowest BCUT2D eigenvalue weighted by Gasteiger charge is -2.09. The minimum Gasteiger partial charge on any atom is -0.478 e. The Hall–Kier alpha value is -1.92. The molecule has 1 heterocycles. The van der Waals surface area contributed by atoms with Crippen LogP contribution in [-0.4, -0.2) is 22.0 Å². The smallest absolute Gasteiger partial charge is 0.335 e. The molecular formula is C14H10BrClN2O3. The Morgan fingerprint density at radius 1 is 1.24 bits per heavy atom. The summed E-state index contributed by atoms with van der Waals surface area (Å²) in [6, 6.07) is 7.41. The van der Waals surface area contributed by atoms with Gasteiger partial charge in [-0.15, -0.1) is 0 Å². The normalized spacial score (nSPS) is 10.2. The van der Waals surface area contributed by atoms with Gasteiger partial charge in [-0.3, -0.25) is 4.79 Å². The maximum absolute atomic E-state index is 12.2. The summed E-state index contributed by atoms with van der Waals surface area (Å²) in [5.41, 5.74) is 1.41. The van der Waals surface area contributed by atoms with E-state index in [1.807, 2.05) is 0 Å². The fourth-order valence-corrected chi connectivity index (χ4v) is 2.30. The number of rotatable bonds is 3. The molecule has 0 saturated carbocycles. The van der Waals surface area contributed by atoms with Gasteiger partial charge in [0.05, 0.1) is 11.3 Å². The number of aromatic carboxylic acids is 1. The van der Waals surface area contributed by atoms with Gasteiger partial charge in [-0.25, -0.2) is 9.78 Å². The van der Waals surface area contributed by atoms with E-state index in [1.54, 1.807) is 19.1 Å². The van der Waals surface area contributed by atoms with Crippen LogP contribution in [-0.2, 0) is 0 Å². The highest BCUT2D eigenvalue weighted by Gasteiger charge is 2.12. The third-order valence-electron chi connectivity index (χ3n) is 2.65. The minimum absolute atomic E-state index is 0.0810. The van der Waals surface area contributed by atoms with Crippen LogP contribution < -0.4 is 5.32 Å². The van der Waals surface area contributed by atoms with Crippen LogP contribution in [0.2, 0.25) is 5.15 Å². The third-order valence-corrected chi connectivity index (χ3v) is 3.53. The van der Waals surface area contributed by atoms with Crippen LogP contribution in [0.25, 0.3) is 0 Å². The quantitative estimate of drug-likeness (QED) is 0.808. The maximum Gasteiger partial charge on any atom is 0.335 e. The topological polar surface area (TPSA) is 79.3 Å². The average molecular weight is 370 g/mol. The van der Waals surface area contributed by atoms with Crippen molar-refractivity contribution >= 4 is 45.1 Å². The van der Waals surface area contributed by atoms with Crippen molar-refractivity contribution in [2.45, 2.75) is 6.92 Å². The summed E-state index contributed by atoms with van der Waals surface area (Å²) >= 11 is 9.08. The molecule has 0 aliphatic carbocycles. The number of aryl methyl sites for hydroxylation is 1. The molecule has 1 aromatic heterocycles. The van der Waals surface area contributed by atoms with Crippen LogP contribution in [0.3, 0.4) is 0 Å². The lowest BCUT2D eigenvalue weighted by atomic mass is 10.2. The molecule has 2 rings (SSSR count). The second-order valence-corrected chi connectivity index (χ2v) is 5.52. The lowest BCUT2D eigenvalue weighted by Crippen LogP contribution is -2.13. The third kappa shape index (κ3) is 3.80. The molecule has 0 aliphatic heterocycles. The Morgan fingerprint density at radius 3 is 2.57 bits per heavy atom. The number of pyridine rings is 1. The summed E-state index contributed by atoms with van der Waals surface area (Å²) < 4.78 is 0.581. The fraction of sp³-hybridized carbons (Fsp3) is 0.0714. The van der Waals surface area contributed by atoms with E-state index >= 15 is 0 Å². The number of hydrogen-bond acceptors (Lipinski definition) is 3. The van der Waals surface area contributed by atoms with Gasteiger partial charge in [0.2, 0.25) is 0 Å². The van der Waals surface area contributed by atoms with E-state index in [4.69, 9.17) is 16.7 Å². The number of carbonyl (C=O) groups excluding carboxylic acids is 1. The zero-order chi connectivity index (χ0) is 15.6. The van der Waals surface area contributed by atoms with Gasteiger partial charge >= 0.3 is 5.97 Å². The van der Waals surface area contributed by atoms with Gasteiger partial charge in [-0.2, -0.15) is 0 Å². The van der Waals surface area contributed by atoms with Crippen molar-refractivity contribution in [2.75, 3.05) is 5.32 Å². The lowest BCUT2D eigenvalue weighted by molar-refractivity contribution is 0.0696. The van der Waals surface area contributed by atoms with Gasteiger partial charge in [0.15, 0.2) is 0 Å². The largest absolute Gasteiger partial charge is 0.478 e. The number of anilines is 1. The van der Waals surface area contributed by atoms with Crippen LogP contribution in [0, 0.1) is 6.92 Å². The van der Waals surface area contributed by atoms with Gasteiger partial charge in [-0.1, -0.05) is 11.6 Å². The first-order valence-electron chi connectivity index (χ1n) is 5.85. The molecule has 0 radical (unpaired) electrons. The Bertz CT molecular complexity index is 714. The number of aromatic nitrogens is 1. The van der Waals surface area contributed by atoms with Crippen LogP contribution in [0.15, 0.2) is 34.8 Å². The van der Waals surface area contributed by atoms with E-state index in [0.29, 0.717) is 21.4 Å². The Morgan fingerprint density at radius 2 is 1.95 bits per heavy atom. The molecule has 21 heavy (non-hydrogen) atoms. The molecule has 1 amide bonds. The average Bonchev–Trinajstić information content (AvgIpc) is 2.39. The predicted molar refractivity (Wildman–Crippen MR) is 83.0 cm³/mol. The molecule has 0 bridgehead atoms. The van der Waals surface area contributed by atoms with Crippen molar-refractivity contribution in [3.8, 4) is 0 Å². The summed E-state index contributed by atoms with van der Waals surface area (Å²) in [5, 5.41) is 11.8. The Kier molecular flexibility index (Phi) is 4.59. The monoisotopic (exact) mass is 368 g/mol. The second-order valence-electron chi connectivity index (χ2n) is 4.27. The van der Waals surface area contributed by atoms with Gasteiger partial charge in [0.25, 0.3) is 5.91 Å².